The van der Waals surface area contributed by atoms with Crippen molar-refractivity contribution in [2.75, 3.05) is 6.61 Å². The number of thioether (sulfide) groups is 1. The van der Waals surface area contributed by atoms with Crippen LogP contribution >= 0.6 is 23.1 Å². The van der Waals surface area contributed by atoms with E-state index >= 15 is 0 Å². The van der Waals surface area contributed by atoms with E-state index in [-0.39, 0.29) is 17.5 Å². The van der Waals surface area contributed by atoms with Gasteiger partial charge in [0, 0.05) is 17.2 Å². The van der Waals surface area contributed by atoms with Crippen molar-refractivity contribution in [3.05, 3.63) is 56.4 Å². The molecule has 5 rings (SSSR count). The Morgan fingerprint density at radius 2 is 2.25 bits per heavy atom. The van der Waals surface area contributed by atoms with Crippen LogP contribution in [0.5, 0.6) is 0 Å². The highest BCUT2D eigenvalue weighted by Crippen LogP contribution is 2.36. The number of hydrogen-bond donors (Lipinski definition) is 0. The molecule has 0 bridgehead atoms. The fraction of sp³-hybridized carbons (Fsp3) is 0.429. The number of halogens is 1. The molecule has 1 aromatic carbocycles. The molecule has 3 aromatic rings. The van der Waals surface area contributed by atoms with E-state index in [4.69, 9.17) is 9.72 Å². The van der Waals surface area contributed by atoms with E-state index in [1.54, 1.807) is 22.0 Å². The number of aryl methyl sites for hydroxylation is 2. The van der Waals surface area contributed by atoms with Gasteiger partial charge in [-0.15, -0.1) is 11.3 Å². The quantitative estimate of drug-likeness (QED) is 0.452. The summed E-state index contributed by atoms with van der Waals surface area (Å²) in [7, 11) is 0. The molecule has 2 aliphatic rings. The first-order chi connectivity index (χ1) is 13.7. The van der Waals surface area contributed by atoms with E-state index in [9.17, 15) is 9.18 Å². The standard InChI is InChI=1S/C21H21FN2O2S2/c22-14-5-1-4-13(10-14)12-27-21-23-19-18(16-7-2-8-17(16)28-19)20(25)24(21)11-15-6-3-9-26-15/h1,4-5,10,15H,2-3,6-9,11-12H2/t15-/m1/s1. The van der Waals surface area contributed by atoms with Crippen LogP contribution in [0.15, 0.2) is 34.2 Å². The highest BCUT2D eigenvalue weighted by atomic mass is 32.2. The molecule has 0 spiro atoms. The number of thiophene rings is 1. The van der Waals surface area contributed by atoms with Crippen LogP contribution in [0, 0.1) is 5.82 Å². The molecule has 7 heteroatoms. The number of aromatic nitrogens is 2. The first-order valence-corrected chi connectivity index (χ1v) is 11.5. The molecule has 1 fully saturated rings. The minimum absolute atomic E-state index is 0.0571. The van der Waals surface area contributed by atoms with Crippen LogP contribution in [0.25, 0.3) is 10.2 Å². The van der Waals surface area contributed by atoms with Gasteiger partial charge in [-0.25, -0.2) is 9.37 Å². The number of fused-ring (bicyclic) bond motifs is 3. The maximum absolute atomic E-state index is 13.5. The van der Waals surface area contributed by atoms with Crippen molar-refractivity contribution in [3.63, 3.8) is 0 Å². The molecule has 146 valence electrons. The first kappa shape index (κ1) is 18.3. The molecule has 0 radical (unpaired) electrons. The summed E-state index contributed by atoms with van der Waals surface area (Å²) >= 11 is 3.16. The highest BCUT2D eigenvalue weighted by molar-refractivity contribution is 7.98. The molecule has 1 atom stereocenters. The van der Waals surface area contributed by atoms with Gasteiger partial charge in [0.2, 0.25) is 0 Å². The molecule has 1 aliphatic carbocycles. The number of rotatable bonds is 5. The molecular formula is C21H21FN2O2S2. The van der Waals surface area contributed by atoms with Gasteiger partial charge in [-0.2, -0.15) is 0 Å². The number of hydrogen-bond acceptors (Lipinski definition) is 5. The monoisotopic (exact) mass is 416 g/mol. The van der Waals surface area contributed by atoms with Crippen LogP contribution in [-0.2, 0) is 29.9 Å². The van der Waals surface area contributed by atoms with E-state index in [1.807, 2.05) is 6.07 Å². The zero-order chi connectivity index (χ0) is 19.1. The summed E-state index contributed by atoms with van der Waals surface area (Å²) in [5, 5.41) is 1.52. The molecule has 1 saturated heterocycles. The topological polar surface area (TPSA) is 44.1 Å². The molecular weight excluding hydrogens is 395 g/mol. The van der Waals surface area contributed by atoms with Crippen molar-refractivity contribution >= 4 is 33.3 Å². The van der Waals surface area contributed by atoms with Gasteiger partial charge in [0.15, 0.2) is 5.16 Å². The lowest BCUT2D eigenvalue weighted by Gasteiger charge is -2.16. The lowest BCUT2D eigenvalue weighted by atomic mass is 10.2. The molecule has 1 aliphatic heterocycles. The van der Waals surface area contributed by atoms with Gasteiger partial charge in [-0.1, -0.05) is 23.9 Å². The Bertz CT molecular complexity index is 1090. The van der Waals surface area contributed by atoms with Crippen molar-refractivity contribution in [1.82, 2.24) is 9.55 Å². The van der Waals surface area contributed by atoms with Gasteiger partial charge in [0.1, 0.15) is 10.6 Å². The predicted octanol–water partition coefficient (Wildman–Crippen LogP) is 4.56. The Hall–Kier alpha value is -1.70. The van der Waals surface area contributed by atoms with Gasteiger partial charge < -0.3 is 4.74 Å². The van der Waals surface area contributed by atoms with Gasteiger partial charge in [0.05, 0.1) is 18.0 Å². The summed E-state index contributed by atoms with van der Waals surface area (Å²) in [5.41, 5.74) is 2.15. The fourth-order valence-electron chi connectivity index (χ4n) is 4.10. The van der Waals surface area contributed by atoms with Crippen LogP contribution in [0.2, 0.25) is 0 Å². The van der Waals surface area contributed by atoms with Crippen LogP contribution < -0.4 is 5.56 Å². The average molecular weight is 417 g/mol. The van der Waals surface area contributed by atoms with E-state index in [0.29, 0.717) is 17.5 Å². The van der Waals surface area contributed by atoms with E-state index in [1.165, 1.54) is 34.3 Å². The minimum Gasteiger partial charge on any atom is -0.376 e. The molecule has 4 nitrogen and oxygen atoms in total. The number of ether oxygens (including phenoxy) is 1. The molecule has 0 unspecified atom stereocenters. The molecule has 0 N–H and O–H groups in total. The van der Waals surface area contributed by atoms with Crippen LogP contribution in [0.1, 0.15) is 35.3 Å². The molecule has 2 aromatic heterocycles. The second kappa shape index (κ2) is 7.61. The summed E-state index contributed by atoms with van der Waals surface area (Å²) in [6, 6.07) is 6.59. The zero-order valence-corrected chi connectivity index (χ0v) is 17.1. The predicted molar refractivity (Wildman–Crippen MR) is 111 cm³/mol. The summed E-state index contributed by atoms with van der Waals surface area (Å²) in [5.74, 6) is 0.333. The average Bonchev–Trinajstić information content (AvgIpc) is 3.40. The second-order valence-electron chi connectivity index (χ2n) is 7.40. The maximum Gasteiger partial charge on any atom is 0.263 e. The van der Waals surface area contributed by atoms with Gasteiger partial charge in [-0.3, -0.25) is 9.36 Å². The third-order valence-electron chi connectivity index (χ3n) is 5.46. The molecule has 3 heterocycles. The number of nitrogens with zero attached hydrogens (tertiary/aromatic N) is 2. The Morgan fingerprint density at radius 3 is 3.07 bits per heavy atom. The van der Waals surface area contributed by atoms with E-state index < -0.39 is 0 Å². The van der Waals surface area contributed by atoms with Crippen LogP contribution in [-0.4, -0.2) is 22.3 Å². The summed E-state index contributed by atoms with van der Waals surface area (Å²) in [4.78, 5) is 20.5. The Kier molecular flexibility index (Phi) is 4.99. The Balaban J connectivity index is 1.54. The van der Waals surface area contributed by atoms with Crippen molar-refractivity contribution in [3.8, 4) is 0 Å². The fourth-order valence-corrected chi connectivity index (χ4v) is 6.35. The summed E-state index contributed by atoms with van der Waals surface area (Å²) in [6.07, 6.45) is 5.22. The van der Waals surface area contributed by atoms with Crippen molar-refractivity contribution in [1.29, 1.82) is 0 Å². The lowest BCUT2D eigenvalue weighted by Crippen LogP contribution is -2.28. The highest BCUT2D eigenvalue weighted by Gasteiger charge is 2.25. The smallest absolute Gasteiger partial charge is 0.263 e. The molecule has 0 saturated carbocycles. The third-order valence-corrected chi connectivity index (χ3v) is 7.69. The van der Waals surface area contributed by atoms with Gasteiger partial charge in [-0.05, 0) is 55.4 Å². The maximum atomic E-state index is 13.5. The normalized spacial score (nSPS) is 18.8. The SMILES string of the molecule is O=c1c2c3c(sc2nc(SCc2cccc(F)c2)n1C[C@H]1CCCO1)CCC3. The van der Waals surface area contributed by atoms with E-state index in [2.05, 4.69) is 0 Å². The molecule has 28 heavy (non-hydrogen) atoms. The van der Waals surface area contributed by atoms with Crippen LogP contribution in [0.4, 0.5) is 4.39 Å². The molecule has 0 amide bonds. The van der Waals surface area contributed by atoms with Gasteiger partial charge in [0.25, 0.3) is 5.56 Å². The summed E-state index contributed by atoms with van der Waals surface area (Å²) < 4.78 is 21.1. The van der Waals surface area contributed by atoms with E-state index in [0.717, 1.165) is 54.5 Å². The first-order valence-electron chi connectivity index (χ1n) is 9.73. The second-order valence-corrected chi connectivity index (χ2v) is 9.43. The lowest BCUT2D eigenvalue weighted by molar-refractivity contribution is 0.0937. The Morgan fingerprint density at radius 1 is 1.32 bits per heavy atom. The largest absolute Gasteiger partial charge is 0.376 e. The zero-order valence-electron chi connectivity index (χ0n) is 15.4. The number of benzene rings is 1. The van der Waals surface area contributed by atoms with Crippen molar-refractivity contribution in [2.45, 2.75) is 55.7 Å². The Labute approximate surface area is 170 Å². The van der Waals surface area contributed by atoms with Crippen molar-refractivity contribution in [2.24, 2.45) is 0 Å². The van der Waals surface area contributed by atoms with Gasteiger partial charge >= 0.3 is 0 Å². The minimum atomic E-state index is -0.243. The summed E-state index contributed by atoms with van der Waals surface area (Å²) in [6.45, 7) is 1.30. The van der Waals surface area contributed by atoms with Crippen LogP contribution in [0.3, 0.4) is 0 Å². The third kappa shape index (κ3) is 3.40. The van der Waals surface area contributed by atoms with Crippen molar-refractivity contribution < 1.29 is 9.13 Å².